The first kappa shape index (κ1) is 20.0. The molecule has 140 valence electrons. The molecular formula is C20H26N2O3S. The van der Waals surface area contributed by atoms with Crippen LogP contribution in [0.15, 0.2) is 48.5 Å². The normalized spacial score (nSPS) is 11.4. The van der Waals surface area contributed by atoms with Crippen molar-refractivity contribution < 1.29 is 13.2 Å². The number of carbonyl (C=O) groups excluding carboxylic acids is 1. The number of rotatable bonds is 7. The molecule has 0 unspecified atom stereocenters. The third-order valence-corrected chi connectivity index (χ3v) is 5.25. The molecule has 6 heteroatoms. The summed E-state index contributed by atoms with van der Waals surface area (Å²) in [4.78, 5) is 12.3. The van der Waals surface area contributed by atoms with Crippen LogP contribution in [0.3, 0.4) is 0 Å². The molecule has 0 aliphatic carbocycles. The van der Waals surface area contributed by atoms with Crippen LogP contribution in [0.4, 0.5) is 5.69 Å². The van der Waals surface area contributed by atoms with Gasteiger partial charge in [-0.15, -0.1) is 0 Å². The van der Waals surface area contributed by atoms with E-state index >= 15 is 0 Å². The average molecular weight is 375 g/mol. The Kier molecular flexibility index (Phi) is 6.42. The molecule has 0 bridgehead atoms. The summed E-state index contributed by atoms with van der Waals surface area (Å²) in [5.41, 5.74) is 3.69. The van der Waals surface area contributed by atoms with E-state index in [9.17, 15) is 13.2 Å². The molecule has 2 aromatic carbocycles. The van der Waals surface area contributed by atoms with Gasteiger partial charge in [0.2, 0.25) is 15.9 Å². The van der Waals surface area contributed by atoms with Gasteiger partial charge in [-0.05, 0) is 36.1 Å². The van der Waals surface area contributed by atoms with Gasteiger partial charge in [-0.3, -0.25) is 9.10 Å². The Morgan fingerprint density at radius 2 is 1.77 bits per heavy atom. The number of nitrogens with zero attached hydrogens (tertiary/aromatic N) is 1. The molecule has 0 saturated heterocycles. The van der Waals surface area contributed by atoms with Crippen molar-refractivity contribution in [3.05, 3.63) is 65.2 Å². The summed E-state index contributed by atoms with van der Waals surface area (Å²) in [6, 6.07) is 15.1. The van der Waals surface area contributed by atoms with E-state index in [1.165, 1.54) is 0 Å². The van der Waals surface area contributed by atoms with E-state index in [0.717, 1.165) is 27.3 Å². The van der Waals surface area contributed by atoms with Crippen LogP contribution < -0.4 is 9.62 Å². The Morgan fingerprint density at radius 3 is 2.31 bits per heavy atom. The van der Waals surface area contributed by atoms with Crippen LogP contribution in [0.1, 0.15) is 36.5 Å². The summed E-state index contributed by atoms with van der Waals surface area (Å²) in [5, 5.41) is 2.78. The van der Waals surface area contributed by atoms with E-state index in [0.29, 0.717) is 18.2 Å². The number of hydrogen-bond donors (Lipinski definition) is 1. The Labute approximate surface area is 156 Å². The van der Waals surface area contributed by atoms with E-state index in [1.807, 2.05) is 43.3 Å². The molecule has 0 spiro atoms. The second-order valence-corrected chi connectivity index (χ2v) is 8.69. The van der Waals surface area contributed by atoms with Crippen molar-refractivity contribution in [3.63, 3.8) is 0 Å². The number of anilines is 1. The number of amides is 1. The Balaban J connectivity index is 2.09. The number of carbonyl (C=O) groups is 1. The van der Waals surface area contributed by atoms with Gasteiger partial charge in [0.1, 0.15) is 6.54 Å². The fourth-order valence-electron chi connectivity index (χ4n) is 2.63. The minimum absolute atomic E-state index is 0.244. The number of aryl methyl sites for hydroxylation is 1. The maximum atomic E-state index is 12.3. The van der Waals surface area contributed by atoms with Crippen LogP contribution in [0.25, 0.3) is 0 Å². The number of benzene rings is 2. The highest BCUT2D eigenvalue weighted by molar-refractivity contribution is 7.92. The minimum Gasteiger partial charge on any atom is -0.350 e. The zero-order valence-electron chi connectivity index (χ0n) is 15.7. The van der Waals surface area contributed by atoms with Gasteiger partial charge in [-0.2, -0.15) is 0 Å². The predicted molar refractivity (Wildman–Crippen MR) is 106 cm³/mol. The van der Waals surface area contributed by atoms with Gasteiger partial charge in [0.15, 0.2) is 0 Å². The first-order chi connectivity index (χ1) is 12.2. The fraction of sp³-hybridized carbons (Fsp3) is 0.350. The van der Waals surface area contributed by atoms with Gasteiger partial charge < -0.3 is 5.32 Å². The fourth-order valence-corrected chi connectivity index (χ4v) is 3.49. The Hall–Kier alpha value is -2.34. The molecule has 0 aliphatic heterocycles. The van der Waals surface area contributed by atoms with Crippen LogP contribution in [0, 0.1) is 6.92 Å². The van der Waals surface area contributed by atoms with E-state index in [2.05, 4.69) is 19.2 Å². The quantitative estimate of drug-likeness (QED) is 0.809. The average Bonchev–Trinajstić information content (AvgIpc) is 2.57. The van der Waals surface area contributed by atoms with Crippen molar-refractivity contribution in [2.75, 3.05) is 17.1 Å². The third kappa shape index (κ3) is 5.59. The smallest absolute Gasteiger partial charge is 0.241 e. The maximum absolute atomic E-state index is 12.3. The number of nitrogens with one attached hydrogen (secondary N) is 1. The zero-order valence-corrected chi connectivity index (χ0v) is 16.5. The third-order valence-electron chi connectivity index (χ3n) is 4.11. The summed E-state index contributed by atoms with van der Waals surface area (Å²) in [5.74, 6) is 0.0122. The molecule has 2 rings (SSSR count). The molecular weight excluding hydrogens is 348 g/mol. The van der Waals surface area contributed by atoms with Crippen molar-refractivity contribution in [3.8, 4) is 0 Å². The summed E-state index contributed by atoms with van der Waals surface area (Å²) >= 11 is 0. The summed E-state index contributed by atoms with van der Waals surface area (Å²) in [6.07, 6.45) is 1.11. The van der Waals surface area contributed by atoms with Crippen molar-refractivity contribution >= 4 is 21.6 Å². The summed E-state index contributed by atoms with van der Waals surface area (Å²) in [7, 11) is -3.56. The van der Waals surface area contributed by atoms with Crippen molar-refractivity contribution in [2.45, 2.75) is 33.2 Å². The van der Waals surface area contributed by atoms with Crippen LogP contribution in [0.2, 0.25) is 0 Å². The van der Waals surface area contributed by atoms with Crippen molar-refractivity contribution in [1.82, 2.24) is 5.32 Å². The molecule has 0 heterocycles. The van der Waals surface area contributed by atoms with E-state index in [1.54, 1.807) is 12.1 Å². The van der Waals surface area contributed by atoms with Gasteiger partial charge in [0.05, 0.1) is 11.9 Å². The van der Waals surface area contributed by atoms with Crippen LogP contribution in [0.5, 0.6) is 0 Å². The molecule has 26 heavy (non-hydrogen) atoms. The topological polar surface area (TPSA) is 66.5 Å². The van der Waals surface area contributed by atoms with Gasteiger partial charge >= 0.3 is 0 Å². The second kappa shape index (κ2) is 8.36. The standard InChI is InChI=1S/C20H26N2O3S/c1-15(2)18-8-10-19(11-9-18)22(26(4,24)25)14-20(23)21-13-17-7-5-6-16(3)12-17/h5-12,15H,13-14H2,1-4H3,(H,21,23). The van der Waals surface area contributed by atoms with Gasteiger partial charge in [-0.25, -0.2) is 8.42 Å². The van der Waals surface area contributed by atoms with E-state index < -0.39 is 10.0 Å². The highest BCUT2D eigenvalue weighted by atomic mass is 32.2. The zero-order chi connectivity index (χ0) is 19.3. The van der Waals surface area contributed by atoms with Crippen molar-refractivity contribution in [2.24, 2.45) is 0 Å². The molecule has 0 saturated carbocycles. The SMILES string of the molecule is Cc1cccc(CNC(=O)CN(c2ccc(C(C)C)cc2)S(C)(=O)=O)c1. The van der Waals surface area contributed by atoms with Gasteiger partial charge in [-0.1, -0.05) is 55.8 Å². The Morgan fingerprint density at radius 1 is 1.12 bits per heavy atom. The molecule has 0 aliphatic rings. The van der Waals surface area contributed by atoms with E-state index in [-0.39, 0.29) is 12.5 Å². The lowest BCUT2D eigenvalue weighted by Crippen LogP contribution is -2.40. The highest BCUT2D eigenvalue weighted by Gasteiger charge is 2.20. The number of sulfonamides is 1. The molecule has 5 nitrogen and oxygen atoms in total. The second-order valence-electron chi connectivity index (χ2n) is 6.78. The van der Waals surface area contributed by atoms with Gasteiger partial charge in [0.25, 0.3) is 0 Å². The van der Waals surface area contributed by atoms with Crippen LogP contribution >= 0.6 is 0 Å². The van der Waals surface area contributed by atoms with Gasteiger partial charge in [0, 0.05) is 6.54 Å². The summed E-state index contributed by atoms with van der Waals surface area (Å²) < 4.78 is 25.4. The molecule has 2 aromatic rings. The van der Waals surface area contributed by atoms with E-state index in [4.69, 9.17) is 0 Å². The minimum atomic E-state index is -3.56. The molecule has 0 radical (unpaired) electrons. The predicted octanol–water partition coefficient (Wildman–Crippen LogP) is 3.20. The van der Waals surface area contributed by atoms with Crippen LogP contribution in [-0.4, -0.2) is 27.1 Å². The Bertz CT molecular complexity index is 859. The lowest BCUT2D eigenvalue weighted by atomic mass is 10.0. The largest absolute Gasteiger partial charge is 0.350 e. The molecule has 1 N–H and O–H groups in total. The monoisotopic (exact) mass is 374 g/mol. The molecule has 1 amide bonds. The first-order valence-corrected chi connectivity index (χ1v) is 10.4. The lowest BCUT2D eigenvalue weighted by Gasteiger charge is -2.22. The molecule has 0 aromatic heterocycles. The molecule has 0 atom stereocenters. The van der Waals surface area contributed by atoms with Crippen molar-refractivity contribution in [1.29, 1.82) is 0 Å². The highest BCUT2D eigenvalue weighted by Crippen LogP contribution is 2.21. The van der Waals surface area contributed by atoms with Crippen LogP contribution in [-0.2, 0) is 21.4 Å². The molecule has 0 fully saturated rings. The maximum Gasteiger partial charge on any atom is 0.241 e. The lowest BCUT2D eigenvalue weighted by molar-refractivity contribution is -0.119. The first-order valence-electron chi connectivity index (χ1n) is 8.56. The summed E-state index contributed by atoms with van der Waals surface area (Å²) in [6.45, 7) is 6.25. The number of hydrogen-bond acceptors (Lipinski definition) is 3.